The third kappa shape index (κ3) is 3.20. The SMILES string of the molecule is Cc1nn(-c2ccc(F)cc2F)c(C)c1C(=O)Nc1cccc(Cl)c1C. The summed E-state index contributed by atoms with van der Waals surface area (Å²) in [5.41, 5.74) is 2.61. The van der Waals surface area contributed by atoms with Gasteiger partial charge in [-0.3, -0.25) is 4.79 Å². The van der Waals surface area contributed by atoms with Crippen LogP contribution in [0.2, 0.25) is 5.02 Å². The van der Waals surface area contributed by atoms with Crippen LogP contribution in [0, 0.1) is 32.4 Å². The number of rotatable bonds is 3. The Labute approximate surface area is 154 Å². The first-order chi connectivity index (χ1) is 12.3. The monoisotopic (exact) mass is 375 g/mol. The minimum absolute atomic E-state index is 0.0741. The van der Waals surface area contributed by atoms with E-state index in [2.05, 4.69) is 10.4 Å². The first-order valence-electron chi connectivity index (χ1n) is 7.87. The Morgan fingerprint density at radius 1 is 1.15 bits per heavy atom. The molecule has 2 aromatic carbocycles. The van der Waals surface area contributed by atoms with Crippen molar-refractivity contribution in [2.45, 2.75) is 20.8 Å². The molecule has 134 valence electrons. The zero-order valence-electron chi connectivity index (χ0n) is 14.4. The van der Waals surface area contributed by atoms with E-state index in [4.69, 9.17) is 11.6 Å². The van der Waals surface area contributed by atoms with Gasteiger partial charge < -0.3 is 5.32 Å². The van der Waals surface area contributed by atoms with E-state index in [1.165, 1.54) is 10.7 Å². The molecule has 0 aliphatic heterocycles. The van der Waals surface area contributed by atoms with Crippen molar-refractivity contribution in [3.8, 4) is 5.69 Å². The zero-order chi connectivity index (χ0) is 19.0. The molecule has 4 nitrogen and oxygen atoms in total. The van der Waals surface area contributed by atoms with Crippen LogP contribution in [0.5, 0.6) is 0 Å². The topological polar surface area (TPSA) is 46.9 Å². The number of carbonyl (C=O) groups excluding carboxylic acids is 1. The van der Waals surface area contributed by atoms with Crippen molar-refractivity contribution < 1.29 is 13.6 Å². The average Bonchev–Trinajstić information content (AvgIpc) is 2.86. The Balaban J connectivity index is 2.00. The maximum Gasteiger partial charge on any atom is 0.259 e. The molecule has 0 radical (unpaired) electrons. The van der Waals surface area contributed by atoms with Crippen LogP contribution in [0.25, 0.3) is 5.69 Å². The van der Waals surface area contributed by atoms with Gasteiger partial charge in [-0.15, -0.1) is 0 Å². The van der Waals surface area contributed by atoms with Gasteiger partial charge in [-0.05, 0) is 50.6 Å². The van der Waals surface area contributed by atoms with E-state index in [0.29, 0.717) is 27.7 Å². The molecule has 3 aromatic rings. The van der Waals surface area contributed by atoms with Gasteiger partial charge in [0.2, 0.25) is 0 Å². The summed E-state index contributed by atoms with van der Waals surface area (Å²) in [4.78, 5) is 12.7. The van der Waals surface area contributed by atoms with Crippen molar-refractivity contribution in [3.05, 3.63) is 75.6 Å². The lowest BCUT2D eigenvalue weighted by atomic mass is 10.1. The summed E-state index contributed by atoms with van der Waals surface area (Å²) in [5, 5.41) is 7.59. The summed E-state index contributed by atoms with van der Waals surface area (Å²) < 4.78 is 28.5. The number of halogens is 3. The fraction of sp³-hybridized carbons (Fsp3) is 0.158. The minimum Gasteiger partial charge on any atom is -0.322 e. The highest BCUT2D eigenvalue weighted by Gasteiger charge is 2.21. The van der Waals surface area contributed by atoms with E-state index in [-0.39, 0.29) is 11.6 Å². The van der Waals surface area contributed by atoms with Crippen LogP contribution in [0.15, 0.2) is 36.4 Å². The second kappa shape index (κ2) is 6.88. The van der Waals surface area contributed by atoms with Gasteiger partial charge in [-0.1, -0.05) is 17.7 Å². The zero-order valence-corrected chi connectivity index (χ0v) is 15.2. The van der Waals surface area contributed by atoms with E-state index in [1.54, 1.807) is 39.0 Å². The number of aromatic nitrogens is 2. The fourth-order valence-electron chi connectivity index (χ4n) is 2.79. The molecule has 0 atom stereocenters. The predicted molar refractivity (Wildman–Crippen MR) is 97.1 cm³/mol. The fourth-order valence-corrected chi connectivity index (χ4v) is 2.96. The average molecular weight is 376 g/mol. The summed E-state index contributed by atoms with van der Waals surface area (Å²) in [6, 6.07) is 8.42. The number of amides is 1. The maximum absolute atomic E-state index is 14.1. The Bertz CT molecular complexity index is 1010. The highest BCUT2D eigenvalue weighted by atomic mass is 35.5. The maximum atomic E-state index is 14.1. The largest absolute Gasteiger partial charge is 0.322 e. The number of anilines is 1. The Morgan fingerprint density at radius 2 is 1.88 bits per heavy atom. The van der Waals surface area contributed by atoms with Crippen LogP contribution in [-0.2, 0) is 0 Å². The normalized spacial score (nSPS) is 10.8. The Morgan fingerprint density at radius 3 is 2.58 bits per heavy atom. The van der Waals surface area contributed by atoms with Gasteiger partial charge >= 0.3 is 0 Å². The third-order valence-electron chi connectivity index (χ3n) is 4.17. The summed E-state index contributed by atoms with van der Waals surface area (Å²) in [7, 11) is 0. The second-order valence-corrected chi connectivity index (χ2v) is 6.33. The molecular formula is C19H16ClF2N3O. The molecule has 0 unspecified atom stereocenters. The van der Waals surface area contributed by atoms with E-state index in [9.17, 15) is 13.6 Å². The van der Waals surface area contributed by atoms with E-state index in [0.717, 1.165) is 17.7 Å². The third-order valence-corrected chi connectivity index (χ3v) is 4.58. The molecule has 0 aliphatic carbocycles. The van der Waals surface area contributed by atoms with Crippen molar-refractivity contribution >= 4 is 23.2 Å². The molecule has 1 amide bonds. The molecule has 26 heavy (non-hydrogen) atoms. The summed E-state index contributed by atoms with van der Waals surface area (Å²) in [6.07, 6.45) is 0. The van der Waals surface area contributed by atoms with E-state index >= 15 is 0 Å². The first-order valence-corrected chi connectivity index (χ1v) is 8.25. The lowest BCUT2D eigenvalue weighted by Gasteiger charge is -2.10. The van der Waals surface area contributed by atoms with Gasteiger partial charge in [-0.25, -0.2) is 13.5 Å². The number of benzene rings is 2. The lowest BCUT2D eigenvalue weighted by molar-refractivity contribution is 0.102. The molecule has 0 saturated heterocycles. The lowest BCUT2D eigenvalue weighted by Crippen LogP contribution is -2.15. The number of hydrogen-bond donors (Lipinski definition) is 1. The quantitative estimate of drug-likeness (QED) is 0.701. The van der Waals surface area contributed by atoms with Gasteiger partial charge in [0.15, 0.2) is 5.82 Å². The van der Waals surface area contributed by atoms with Crippen LogP contribution < -0.4 is 5.32 Å². The van der Waals surface area contributed by atoms with Crippen molar-refractivity contribution in [1.82, 2.24) is 9.78 Å². The molecule has 0 bridgehead atoms. The second-order valence-electron chi connectivity index (χ2n) is 5.92. The highest BCUT2D eigenvalue weighted by molar-refractivity contribution is 6.31. The van der Waals surface area contributed by atoms with Crippen LogP contribution >= 0.6 is 11.6 Å². The minimum atomic E-state index is -0.756. The summed E-state index contributed by atoms with van der Waals surface area (Å²) >= 11 is 6.08. The Kier molecular flexibility index (Phi) is 4.78. The smallest absolute Gasteiger partial charge is 0.259 e. The van der Waals surface area contributed by atoms with Gasteiger partial charge in [-0.2, -0.15) is 5.10 Å². The van der Waals surface area contributed by atoms with E-state index < -0.39 is 11.6 Å². The van der Waals surface area contributed by atoms with Gasteiger partial charge in [0.25, 0.3) is 5.91 Å². The van der Waals surface area contributed by atoms with Gasteiger partial charge in [0.05, 0.1) is 17.0 Å². The molecule has 0 spiro atoms. The van der Waals surface area contributed by atoms with Crippen molar-refractivity contribution in [1.29, 1.82) is 0 Å². The van der Waals surface area contributed by atoms with Crippen molar-refractivity contribution in [2.75, 3.05) is 5.32 Å². The Hall–Kier alpha value is -2.73. The number of aryl methyl sites for hydroxylation is 1. The number of nitrogens with one attached hydrogen (secondary N) is 1. The van der Waals surface area contributed by atoms with Crippen molar-refractivity contribution in [3.63, 3.8) is 0 Å². The molecule has 1 heterocycles. The number of hydrogen-bond acceptors (Lipinski definition) is 2. The number of carbonyl (C=O) groups is 1. The molecule has 1 N–H and O–H groups in total. The molecular weight excluding hydrogens is 360 g/mol. The first kappa shape index (κ1) is 18.1. The van der Waals surface area contributed by atoms with Crippen molar-refractivity contribution in [2.24, 2.45) is 0 Å². The van der Waals surface area contributed by atoms with Crippen LogP contribution in [0.3, 0.4) is 0 Å². The molecule has 3 rings (SSSR count). The molecule has 0 saturated carbocycles. The number of nitrogens with zero attached hydrogens (tertiary/aromatic N) is 2. The summed E-state index contributed by atoms with van der Waals surface area (Å²) in [6.45, 7) is 5.11. The van der Waals surface area contributed by atoms with Crippen LogP contribution in [-0.4, -0.2) is 15.7 Å². The molecule has 7 heteroatoms. The van der Waals surface area contributed by atoms with Crippen LogP contribution in [0.1, 0.15) is 27.3 Å². The van der Waals surface area contributed by atoms with E-state index in [1.807, 2.05) is 0 Å². The van der Waals surface area contributed by atoms with Gasteiger partial charge in [0, 0.05) is 16.8 Å². The molecule has 1 aromatic heterocycles. The summed E-state index contributed by atoms with van der Waals surface area (Å²) in [5.74, 6) is -1.81. The molecule has 0 fully saturated rings. The molecule has 0 aliphatic rings. The van der Waals surface area contributed by atoms with Gasteiger partial charge in [0.1, 0.15) is 11.5 Å². The predicted octanol–water partition coefficient (Wildman–Crippen LogP) is 4.98. The van der Waals surface area contributed by atoms with Crippen LogP contribution in [0.4, 0.5) is 14.5 Å². The standard InChI is InChI=1S/C19H16ClF2N3O/c1-10-14(20)5-4-6-16(10)23-19(26)18-11(2)24-25(12(18)3)17-8-7-13(21)9-15(17)22/h4-9H,1-3H3,(H,23,26). The highest BCUT2D eigenvalue weighted by Crippen LogP contribution is 2.25.